The monoisotopic (exact) mass is 765 g/mol. The minimum Gasteiger partial charge on any atom is -0.489 e. The Morgan fingerprint density at radius 3 is 2.15 bits per heavy atom. The Bertz CT molecular complexity index is 2340. The van der Waals surface area contributed by atoms with Gasteiger partial charge in [0.1, 0.15) is 37.4 Å². The van der Waals surface area contributed by atoms with Crippen LogP contribution in [0.5, 0.6) is 11.5 Å². The Kier molecular flexibility index (Phi) is 8.24. The van der Waals surface area contributed by atoms with Crippen LogP contribution >= 0.6 is 15.9 Å². The lowest BCUT2D eigenvalue weighted by Crippen LogP contribution is -2.32. The normalized spacial score (nSPS) is 16.3. The van der Waals surface area contributed by atoms with Crippen LogP contribution in [0, 0.1) is 12.7 Å². The first-order valence-corrected chi connectivity index (χ1v) is 17.9. The number of amides is 1. The van der Waals surface area contributed by atoms with Crippen LogP contribution in [0.4, 0.5) is 10.1 Å². The maximum atomic E-state index is 15.0. The average Bonchev–Trinajstić information content (AvgIpc) is 3.46. The number of carbonyl (C=O) groups is 1. The molecule has 14 heteroatoms. The molecule has 266 valence electrons. The summed E-state index contributed by atoms with van der Waals surface area (Å²) in [5.41, 5.74) is 4.00. The number of hydrogen-bond donors (Lipinski definition) is 1. The molecule has 52 heavy (non-hydrogen) atoms. The second kappa shape index (κ2) is 12.7. The van der Waals surface area contributed by atoms with Gasteiger partial charge in [-0.05, 0) is 105 Å². The molecule has 0 radical (unpaired) electrons. The lowest BCUT2D eigenvalue weighted by molar-refractivity contribution is 0.102. The largest absolute Gasteiger partial charge is 0.489 e. The molecule has 0 atom stereocenters. The zero-order chi connectivity index (χ0) is 36.4. The molecular formula is C38H37BrFN9O3. The topological polar surface area (TPSA) is 127 Å². The maximum absolute atomic E-state index is 15.0. The van der Waals surface area contributed by atoms with E-state index in [1.165, 1.54) is 6.07 Å². The molecule has 3 aromatic carbocycles. The fourth-order valence-electron chi connectivity index (χ4n) is 6.52. The van der Waals surface area contributed by atoms with Crippen molar-refractivity contribution in [3.8, 4) is 40.0 Å². The molecule has 12 nitrogen and oxygen atoms in total. The molecule has 0 saturated heterocycles. The van der Waals surface area contributed by atoms with Gasteiger partial charge in [0.2, 0.25) is 0 Å². The van der Waals surface area contributed by atoms with E-state index in [2.05, 4.69) is 65.0 Å². The molecule has 3 aliphatic rings. The van der Waals surface area contributed by atoms with E-state index in [0.717, 1.165) is 45.7 Å². The zero-order valence-corrected chi connectivity index (χ0v) is 31.0. The molecule has 2 aliphatic heterocycles. The van der Waals surface area contributed by atoms with Crippen LogP contribution in [-0.4, -0.2) is 58.2 Å². The summed E-state index contributed by atoms with van der Waals surface area (Å²) in [5, 5.41) is 19.4. The number of nitrogens with zero attached hydrogens (tertiary/aromatic N) is 8. The average molecular weight is 767 g/mol. The number of fused-ring (bicyclic) bond motifs is 6. The van der Waals surface area contributed by atoms with Crippen LogP contribution in [0.3, 0.4) is 0 Å². The standard InChI is InChI=1S/C26H25FN6O2.C12H12BrN3O/c1-15-9-19(27)18(10-22(15)32-11-21(28-13-32)16-7-8-16)25(34)30-20-6-4-5-17-23(20)35-12-26(2,3)33-14-29-31-24(17)33;1-12(2)6-17-10-8(4-3-5-9(10)13)11-15-14-7-16(11)12/h4-6,9-11,13-14,16H,7-8,12H2,1-3H3,(H,30,34);3-5,7H,6H2,1-2H3. The predicted octanol–water partition coefficient (Wildman–Crippen LogP) is 7.67. The highest BCUT2D eigenvalue weighted by atomic mass is 79.9. The lowest BCUT2D eigenvalue weighted by Gasteiger charge is -2.24. The number of para-hydroxylation sites is 2. The number of hydrogen-bond acceptors (Lipinski definition) is 8. The minimum absolute atomic E-state index is 0.0537. The van der Waals surface area contributed by atoms with Crippen molar-refractivity contribution in [1.29, 1.82) is 0 Å². The molecule has 6 aromatic rings. The lowest BCUT2D eigenvalue weighted by atomic mass is 10.1. The molecule has 1 amide bonds. The first-order chi connectivity index (χ1) is 24.9. The van der Waals surface area contributed by atoms with E-state index >= 15 is 0 Å². The van der Waals surface area contributed by atoms with E-state index < -0.39 is 11.7 Å². The van der Waals surface area contributed by atoms with E-state index in [0.29, 0.717) is 47.6 Å². The van der Waals surface area contributed by atoms with E-state index in [9.17, 15) is 9.18 Å². The summed E-state index contributed by atoms with van der Waals surface area (Å²) in [6.07, 6.45) is 9.40. The number of aromatic nitrogens is 8. The van der Waals surface area contributed by atoms with Gasteiger partial charge in [0.15, 0.2) is 17.4 Å². The first kappa shape index (κ1) is 33.8. The van der Waals surface area contributed by atoms with Crippen LogP contribution < -0.4 is 14.8 Å². The molecule has 0 unspecified atom stereocenters. The predicted molar refractivity (Wildman–Crippen MR) is 196 cm³/mol. The Morgan fingerprint density at radius 1 is 0.885 bits per heavy atom. The van der Waals surface area contributed by atoms with Gasteiger partial charge in [-0.1, -0.05) is 12.1 Å². The molecule has 0 bridgehead atoms. The zero-order valence-electron chi connectivity index (χ0n) is 29.4. The maximum Gasteiger partial charge on any atom is 0.258 e. The summed E-state index contributed by atoms with van der Waals surface area (Å²) < 4.78 is 33.8. The molecule has 5 heterocycles. The summed E-state index contributed by atoms with van der Waals surface area (Å²) >= 11 is 3.51. The van der Waals surface area contributed by atoms with Crippen LogP contribution in [-0.2, 0) is 11.1 Å². The molecule has 1 N–H and O–H groups in total. The number of aryl methyl sites for hydroxylation is 1. The van der Waals surface area contributed by atoms with E-state index in [-0.39, 0.29) is 16.6 Å². The van der Waals surface area contributed by atoms with Gasteiger partial charge in [-0.2, -0.15) is 0 Å². The van der Waals surface area contributed by atoms with Crippen molar-refractivity contribution in [1.82, 2.24) is 39.1 Å². The Hall–Kier alpha value is -5.37. The highest BCUT2D eigenvalue weighted by Crippen LogP contribution is 2.42. The number of halogens is 2. The summed E-state index contributed by atoms with van der Waals surface area (Å²) in [4.78, 5) is 17.8. The van der Waals surface area contributed by atoms with E-state index in [1.807, 2.05) is 60.4 Å². The smallest absolute Gasteiger partial charge is 0.258 e. The van der Waals surface area contributed by atoms with Crippen LogP contribution in [0.1, 0.15) is 68.1 Å². The van der Waals surface area contributed by atoms with Crippen molar-refractivity contribution in [2.75, 3.05) is 18.5 Å². The fraction of sp³-hybridized carbons (Fsp3) is 0.316. The van der Waals surface area contributed by atoms with Gasteiger partial charge >= 0.3 is 0 Å². The number of carbonyl (C=O) groups excluding carboxylic acids is 1. The van der Waals surface area contributed by atoms with Crippen molar-refractivity contribution >= 4 is 27.5 Å². The number of anilines is 1. The fourth-order valence-corrected chi connectivity index (χ4v) is 7.00. The molecule has 9 rings (SSSR count). The molecule has 0 spiro atoms. The van der Waals surface area contributed by atoms with Gasteiger partial charge in [-0.15, -0.1) is 20.4 Å². The van der Waals surface area contributed by atoms with Gasteiger partial charge in [0, 0.05) is 12.1 Å². The first-order valence-electron chi connectivity index (χ1n) is 17.1. The quantitative estimate of drug-likeness (QED) is 0.194. The molecular weight excluding hydrogens is 729 g/mol. The van der Waals surface area contributed by atoms with Gasteiger partial charge in [-0.25, -0.2) is 9.37 Å². The molecule has 1 fully saturated rings. The SMILES string of the molecule is CC1(C)COc2c(Br)cccc2-c2nncn21.Cc1cc(F)c(C(=O)Nc2cccc3c2OCC(C)(C)n2cnnc2-3)cc1-n1cnc(C2CC2)c1. The summed E-state index contributed by atoms with van der Waals surface area (Å²) in [7, 11) is 0. The number of benzene rings is 3. The van der Waals surface area contributed by atoms with Gasteiger partial charge in [0.05, 0.1) is 55.6 Å². The third-order valence-electron chi connectivity index (χ3n) is 9.66. The van der Waals surface area contributed by atoms with Gasteiger partial charge in [0.25, 0.3) is 5.91 Å². The third-order valence-corrected chi connectivity index (χ3v) is 10.3. The molecule has 1 aliphatic carbocycles. The van der Waals surface area contributed by atoms with Crippen molar-refractivity contribution in [2.45, 2.75) is 64.5 Å². The third kappa shape index (κ3) is 6.04. The van der Waals surface area contributed by atoms with Crippen molar-refractivity contribution < 1.29 is 18.7 Å². The summed E-state index contributed by atoms with van der Waals surface area (Å²) in [6.45, 7) is 11.0. The second-order valence-corrected chi connectivity index (χ2v) is 15.5. The number of rotatable bonds is 4. The number of nitrogens with one attached hydrogen (secondary N) is 1. The second-order valence-electron chi connectivity index (χ2n) is 14.6. The molecule has 1 saturated carbocycles. The van der Waals surface area contributed by atoms with Crippen LogP contribution in [0.25, 0.3) is 28.5 Å². The van der Waals surface area contributed by atoms with Crippen molar-refractivity contribution in [3.63, 3.8) is 0 Å². The Balaban J connectivity index is 0.000000190. The van der Waals surface area contributed by atoms with Crippen LogP contribution in [0.15, 0.2) is 78.2 Å². The summed E-state index contributed by atoms with van der Waals surface area (Å²) in [6, 6.07) is 14.3. The van der Waals surface area contributed by atoms with Crippen LogP contribution in [0.2, 0.25) is 0 Å². The number of ether oxygens (including phenoxy) is 2. The minimum atomic E-state index is -0.588. The van der Waals surface area contributed by atoms with E-state index in [4.69, 9.17) is 9.47 Å². The highest BCUT2D eigenvalue weighted by Gasteiger charge is 2.33. The van der Waals surface area contributed by atoms with Crippen molar-refractivity contribution in [3.05, 3.63) is 101 Å². The van der Waals surface area contributed by atoms with E-state index in [1.54, 1.807) is 37.2 Å². The summed E-state index contributed by atoms with van der Waals surface area (Å²) in [5.74, 6) is 2.18. The van der Waals surface area contributed by atoms with Gasteiger partial charge in [-0.3, -0.25) is 4.79 Å². The van der Waals surface area contributed by atoms with Crippen molar-refractivity contribution in [2.24, 2.45) is 0 Å². The highest BCUT2D eigenvalue weighted by molar-refractivity contribution is 9.10. The Labute approximate surface area is 308 Å². The molecule has 3 aromatic heterocycles. The Morgan fingerprint density at radius 2 is 1.50 bits per heavy atom. The number of imidazole rings is 1. The van der Waals surface area contributed by atoms with Gasteiger partial charge < -0.3 is 28.5 Å².